The lowest BCUT2D eigenvalue weighted by molar-refractivity contribution is -0.120. The van der Waals surface area contributed by atoms with Gasteiger partial charge in [0.15, 0.2) is 5.96 Å². The predicted octanol–water partition coefficient (Wildman–Crippen LogP) is 2.18. The second-order valence-electron chi connectivity index (χ2n) is 6.35. The zero-order valence-corrected chi connectivity index (χ0v) is 15.1. The van der Waals surface area contributed by atoms with E-state index in [2.05, 4.69) is 20.9 Å². The normalized spacial score (nSPS) is 12.0. The molecule has 134 valence electrons. The number of hydrogen-bond acceptors (Lipinski definition) is 2. The topological polar surface area (TPSA) is 65.5 Å². The van der Waals surface area contributed by atoms with E-state index in [1.807, 2.05) is 26.8 Å². The van der Waals surface area contributed by atoms with Crippen molar-refractivity contribution in [2.45, 2.75) is 39.0 Å². The van der Waals surface area contributed by atoms with Gasteiger partial charge in [0.2, 0.25) is 5.91 Å². The number of hydrogen-bond donors (Lipinski definition) is 3. The molecule has 24 heavy (non-hydrogen) atoms. The standard InChI is InChI=1S/C18H29FN4O/c1-5-10-21-16(24)9-11-22-17(20-4)23-13-18(2,3)14-7-6-8-15(19)12-14/h6-8,12H,5,9-11,13H2,1-4H3,(H,21,24)(H2,20,22,23). The Morgan fingerprint density at radius 2 is 1.96 bits per heavy atom. The fraction of sp³-hybridized carbons (Fsp3) is 0.556. The van der Waals surface area contributed by atoms with Crippen LogP contribution in [0.3, 0.4) is 0 Å². The Balaban J connectivity index is 2.44. The molecule has 0 aliphatic rings. The fourth-order valence-corrected chi connectivity index (χ4v) is 2.18. The highest BCUT2D eigenvalue weighted by molar-refractivity contribution is 5.81. The Morgan fingerprint density at radius 1 is 1.21 bits per heavy atom. The van der Waals surface area contributed by atoms with Crippen LogP contribution in [0.1, 0.15) is 39.2 Å². The maximum absolute atomic E-state index is 13.4. The molecule has 0 heterocycles. The van der Waals surface area contributed by atoms with E-state index in [-0.39, 0.29) is 17.1 Å². The summed E-state index contributed by atoms with van der Waals surface area (Å²) < 4.78 is 13.4. The van der Waals surface area contributed by atoms with Gasteiger partial charge in [-0.2, -0.15) is 0 Å². The van der Waals surface area contributed by atoms with Crippen LogP contribution in [0.2, 0.25) is 0 Å². The summed E-state index contributed by atoms with van der Waals surface area (Å²) in [7, 11) is 1.68. The summed E-state index contributed by atoms with van der Waals surface area (Å²) in [6.45, 7) is 7.91. The van der Waals surface area contributed by atoms with E-state index < -0.39 is 0 Å². The molecule has 5 nitrogen and oxygen atoms in total. The first-order chi connectivity index (χ1) is 11.4. The van der Waals surface area contributed by atoms with E-state index in [1.54, 1.807) is 19.2 Å². The molecule has 0 saturated heterocycles. The molecule has 0 unspecified atom stereocenters. The highest BCUT2D eigenvalue weighted by Gasteiger charge is 2.21. The zero-order valence-electron chi connectivity index (χ0n) is 15.1. The van der Waals surface area contributed by atoms with Crippen LogP contribution in [-0.4, -0.2) is 38.5 Å². The van der Waals surface area contributed by atoms with Crippen LogP contribution in [0.4, 0.5) is 4.39 Å². The van der Waals surface area contributed by atoms with Crippen molar-refractivity contribution in [3.63, 3.8) is 0 Å². The third-order valence-corrected chi connectivity index (χ3v) is 3.74. The Morgan fingerprint density at radius 3 is 2.58 bits per heavy atom. The molecular weight excluding hydrogens is 307 g/mol. The summed E-state index contributed by atoms with van der Waals surface area (Å²) in [6, 6.07) is 6.63. The smallest absolute Gasteiger partial charge is 0.221 e. The summed E-state index contributed by atoms with van der Waals surface area (Å²) in [5, 5.41) is 9.18. The third kappa shape index (κ3) is 6.98. The SMILES string of the molecule is CCCNC(=O)CCNC(=NC)NCC(C)(C)c1cccc(F)c1. The lowest BCUT2D eigenvalue weighted by Crippen LogP contribution is -2.44. The number of nitrogens with zero attached hydrogens (tertiary/aromatic N) is 1. The largest absolute Gasteiger partial charge is 0.356 e. The second kappa shape index (κ2) is 9.90. The number of aliphatic imine (C=N–C) groups is 1. The number of benzene rings is 1. The Kier molecular flexibility index (Phi) is 8.22. The van der Waals surface area contributed by atoms with Gasteiger partial charge in [0.05, 0.1) is 0 Å². The maximum atomic E-state index is 13.4. The molecule has 3 N–H and O–H groups in total. The fourth-order valence-electron chi connectivity index (χ4n) is 2.18. The van der Waals surface area contributed by atoms with Crippen molar-refractivity contribution < 1.29 is 9.18 Å². The van der Waals surface area contributed by atoms with Crippen molar-refractivity contribution >= 4 is 11.9 Å². The first-order valence-corrected chi connectivity index (χ1v) is 8.36. The van der Waals surface area contributed by atoms with Crippen molar-refractivity contribution in [3.8, 4) is 0 Å². The minimum absolute atomic E-state index is 0.0277. The van der Waals surface area contributed by atoms with Gasteiger partial charge < -0.3 is 16.0 Å². The molecule has 0 spiro atoms. The number of rotatable bonds is 8. The van der Waals surface area contributed by atoms with Crippen molar-refractivity contribution in [2.75, 3.05) is 26.7 Å². The molecule has 0 radical (unpaired) electrons. The van der Waals surface area contributed by atoms with Gasteiger partial charge >= 0.3 is 0 Å². The molecule has 1 aromatic carbocycles. The average molecular weight is 336 g/mol. The molecule has 1 aromatic rings. The molecule has 6 heteroatoms. The Bertz CT molecular complexity index is 558. The monoisotopic (exact) mass is 336 g/mol. The van der Waals surface area contributed by atoms with Crippen LogP contribution in [0.5, 0.6) is 0 Å². The number of guanidine groups is 1. The van der Waals surface area contributed by atoms with Crippen molar-refractivity contribution in [2.24, 2.45) is 4.99 Å². The molecule has 1 amide bonds. The van der Waals surface area contributed by atoms with Crippen molar-refractivity contribution in [1.82, 2.24) is 16.0 Å². The van der Waals surface area contributed by atoms with Crippen LogP contribution in [-0.2, 0) is 10.2 Å². The number of nitrogens with one attached hydrogen (secondary N) is 3. The van der Waals surface area contributed by atoms with Gasteiger partial charge in [-0.3, -0.25) is 9.79 Å². The molecular formula is C18H29FN4O. The van der Waals surface area contributed by atoms with E-state index in [9.17, 15) is 9.18 Å². The van der Waals surface area contributed by atoms with Gasteiger partial charge in [-0.15, -0.1) is 0 Å². The highest BCUT2D eigenvalue weighted by Crippen LogP contribution is 2.22. The van der Waals surface area contributed by atoms with E-state index in [0.29, 0.717) is 32.0 Å². The lowest BCUT2D eigenvalue weighted by Gasteiger charge is -2.26. The molecule has 0 aliphatic heterocycles. The highest BCUT2D eigenvalue weighted by atomic mass is 19.1. The average Bonchev–Trinajstić information content (AvgIpc) is 2.56. The number of amides is 1. The number of halogens is 1. The third-order valence-electron chi connectivity index (χ3n) is 3.74. The van der Waals surface area contributed by atoms with E-state index in [4.69, 9.17) is 0 Å². The van der Waals surface area contributed by atoms with E-state index in [1.165, 1.54) is 6.07 Å². The van der Waals surface area contributed by atoms with Crippen molar-refractivity contribution in [1.29, 1.82) is 0 Å². The van der Waals surface area contributed by atoms with Crippen molar-refractivity contribution in [3.05, 3.63) is 35.6 Å². The van der Waals surface area contributed by atoms with Crippen LogP contribution in [0.25, 0.3) is 0 Å². The van der Waals surface area contributed by atoms with Crippen LogP contribution < -0.4 is 16.0 Å². The van der Waals surface area contributed by atoms with Gasteiger partial charge in [0.1, 0.15) is 5.82 Å². The summed E-state index contributed by atoms with van der Waals surface area (Å²) in [5.74, 6) is 0.420. The van der Waals surface area contributed by atoms with Gasteiger partial charge in [-0.1, -0.05) is 32.9 Å². The van der Waals surface area contributed by atoms with Gasteiger partial charge in [-0.25, -0.2) is 4.39 Å². The predicted molar refractivity (Wildman–Crippen MR) is 96.7 cm³/mol. The molecule has 0 saturated carbocycles. The van der Waals surface area contributed by atoms with E-state index in [0.717, 1.165) is 12.0 Å². The summed E-state index contributed by atoms with van der Waals surface area (Å²) in [5.41, 5.74) is 0.669. The summed E-state index contributed by atoms with van der Waals surface area (Å²) in [4.78, 5) is 15.7. The van der Waals surface area contributed by atoms with Gasteiger partial charge in [-0.05, 0) is 24.1 Å². The van der Waals surface area contributed by atoms with E-state index >= 15 is 0 Å². The Hall–Kier alpha value is -2.11. The summed E-state index contributed by atoms with van der Waals surface area (Å²) in [6.07, 6.45) is 1.32. The number of carbonyl (C=O) groups is 1. The quantitative estimate of drug-likeness (QED) is 0.504. The lowest BCUT2D eigenvalue weighted by atomic mass is 9.84. The summed E-state index contributed by atoms with van der Waals surface area (Å²) >= 11 is 0. The number of carbonyl (C=O) groups excluding carboxylic acids is 1. The minimum atomic E-state index is -0.252. The first-order valence-electron chi connectivity index (χ1n) is 8.36. The minimum Gasteiger partial charge on any atom is -0.356 e. The van der Waals surface area contributed by atoms with Crippen LogP contribution in [0, 0.1) is 5.82 Å². The molecule has 0 bridgehead atoms. The molecule has 0 aliphatic carbocycles. The van der Waals surface area contributed by atoms with Gasteiger partial charge in [0.25, 0.3) is 0 Å². The van der Waals surface area contributed by atoms with Gasteiger partial charge in [0, 0.05) is 38.5 Å². The molecule has 1 rings (SSSR count). The second-order valence-corrected chi connectivity index (χ2v) is 6.35. The Labute approximate surface area is 144 Å². The molecule has 0 atom stereocenters. The first kappa shape index (κ1) is 19.9. The molecule has 0 fully saturated rings. The maximum Gasteiger partial charge on any atom is 0.221 e. The zero-order chi connectivity index (χ0) is 18.0. The van der Waals surface area contributed by atoms with Crippen LogP contribution >= 0.6 is 0 Å². The molecule has 0 aromatic heterocycles. The van der Waals surface area contributed by atoms with Crippen LogP contribution in [0.15, 0.2) is 29.3 Å².